The number of fused-ring (bicyclic) bond motifs is 1. The number of anilines is 1. The van der Waals surface area contributed by atoms with Crippen molar-refractivity contribution in [3.8, 4) is 0 Å². The third kappa shape index (κ3) is 5.29. The van der Waals surface area contributed by atoms with Crippen molar-refractivity contribution >= 4 is 78.9 Å². The molecule has 0 spiro atoms. The average Bonchev–Trinajstić information content (AvgIpc) is 3.31. The van der Waals surface area contributed by atoms with E-state index in [0.29, 0.717) is 33.8 Å². The second kappa shape index (κ2) is 9.45. The number of nitrogens with zero attached hydrogens (tertiary/aromatic N) is 2. The van der Waals surface area contributed by atoms with Gasteiger partial charge in [-0.05, 0) is 23.8 Å². The fourth-order valence-corrected chi connectivity index (χ4v) is 5.96. The lowest BCUT2D eigenvalue weighted by molar-refractivity contribution is -0.115. The molecule has 0 aliphatic rings. The molecule has 4 rings (SSSR count). The Balaban J connectivity index is 1.28. The van der Waals surface area contributed by atoms with Crippen LogP contribution in [0.3, 0.4) is 0 Å². The van der Waals surface area contributed by atoms with Crippen LogP contribution in [0.2, 0.25) is 10.0 Å². The van der Waals surface area contributed by atoms with Gasteiger partial charge in [0.15, 0.2) is 9.47 Å². The van der Waals surface area contributed by atoms with E-state index in [4.69, 9.17) is 23.2 Å². The summed E-state index contributed by atoms with van der Waals surface area (Å²) in [5.74, 6) is 0.613. The minimum atomic E-state index is -0.0553. The van der Waals surface area contributed by atoms with Crippen molar-refractivity contribution in [2.75, 3.05) is 11.1 Å². The van der Waals surface area contributed by atoms with Crippen molar-refractivity contribution in [1.29, 1.82) is 0 Å². The predicted octanol–water partition coefficient (Wildman–Crippen LogP) is 6.77. The van der Waals surface area contributed by atoms with Crippen LogP contribution in [-0.2, 0) is 11.2 Å². The highest BCUT2D eigenvalue weighted by atomic mass is 35.5. The molecular weight excluding hydrogens is 465 g/mol. The minimum Gasteiger partial charge on any atom is -0.302 e. The number of hydrogen-bond donors (Lipinski definition) is 1. The van der Waals surface area contributed by atoms with Crippen molar-refractivity contribution < 1.29 is 4.79 Å². The molecular formula is C20H15Cl2N3OS3. The fraction of sp³-hybridized carbons (Fsp3) is 0.150. The van der Waals surface area contributed by atoms with Crippen LogP contribution in [0.25, 0.3) is 10.2 Å². The summed E-state index contributed by atoms with van der Waals surface area (Å²) < 4.78 is 2.14. The largest absolute Gasteiger partial charge is 0.302 e. The molecule has 0 radical (unpaired) electrons. The molecule has 0 bridgehead atoms. The van der Waals surface area contributed by atoms with Crippen LogP contribution in [0.15, 0.2) is 53.0 Å². The highest BCUT2D eigenvalue weighted by Crippen LogP contribution is 2.31. The van der Waals surface area contributed by atoms with Crippen LogP contribution in [-0.4, -0.2) is 21.6 Å². The Morgan fingerprint density at radius 2 is 1.97 bits per heavy atom. The standard InChI is InChI=1S/C20H15Cl2N3OS3/c21-14-5-3-4-12(18(14)22)10-13-11-23-19(28-13)25-17(26)8-9-27-20-24-15-6-1-2-7-16(15)29-20/h1-7,11H,8-10H2,(H,23,25,26). The summed E-state index contributed by atoms with van der Waals surface area (Å²) in [5, 5.41) is 4.55. The van der Waals surface area contributed by atoms with Gasteiger partial charge < -0.3 is 5.32 Å². The molecule has 0 aliphatic heterocycles. The lowest BCUT2D eigenvalue weighted by Gasteiger charge is -2.03. The number of amides is 1. The number of thiazole rings is 2. The number of rotatable bonds is 7. The van der Waals surface area contributed by atoms with Gasteiger partial charge in [-0.1, -0.05) is 59.2 Å². The number of thioether (sulfide) groups is 1. The van der Waals surface area contributed by atoms with Crippen LogP contribution < -0.4 is 5.32 Å². The van der Waals surface area contributed by atoms with Gasteiger partial charge in [-0.3, -0.25) is 4.79 Å². The van der Waals surface area contributed by atoms with Crippen molar-refractivity contribution in [2.45, 2.75) is 17.2 Å². The first-order chi connectivity index (χ1) is 14.1. The summed E-state index contributed by atoms with van der Waals surface area (Å²) in [5.41, 5.74) is 1.94. The van der Waals surface area contributed by atoms with Crippen LogP contribution in [0.5, 0.6) is 0 Å². The van der Waals surface area contributed by atoms with E-state index in [-0.39, 0.29) is 5.91 Å². The summed E-state index contributed by atoms with van der Waals surface area (Å²) >= 11 is 17.0. The van der Waals surface area contributed by atoms with Gasteiger partial charge in [0.1, 0.15) is 0 Å². The second-order valence-corrected chi connectivity index (χ2v) is 10.4. The van der Waals surface area contributed by atoms with Crippen molar-refractivity contribution in [2.24, 2.45) is 0 Å². The number of halogens is 2. The molecule has 2 aromatic heterocycles. The SMILES string of the molecule is O=C(CCSc1nc2ccccc2s1)Nc1ncc(Cc2cccc(Cl)c2Cl)s1. The van der Waals surface area contributed by atoms with E-state index >= 15 is 0 Å². The van der Waals surface area contributed by atoms with E-state index in [1.54, 1.807) is 35.4 Å². The Hall–Kier alpha value is -1.64. The maximum absolute atomic E-state index is 12.2. The number of carbonyl (C=O) groups excluding carboxylic acids is 1. The number of hydrogen-bond acceptors (Lipinski definition) is 6. The Bertz CT molecular complexity index is 1130. The van der Waals surface area contributed by atoms with Crippen LogP contribution in [0.1, 0.15) is 16.9 Å². The Morgan fingerprint density at radius 3 is 2.83 bits per heavy atom. The van der Waals surface area contributed by atoms with Gasteiger partial charge in [0.05, 0.1) is 20.3 Å². The van der Waals surface area contributed by atoms with Gasteiger partial charge >= 0.3 is 0 Å². The van der Waals surface area contributed by atoms with Crippen molar-refractivity contribution in [1.82, 2.24) is 9.97 Å². The third-order valence-corrected chi connectivity index (χ3v) is 7.98. The zero-order chi connectivity index (χ0) is 20.2. The summed E-state index contributed by atoms with van der Waals surface area (Å²) in [6.45, 7) is 0. The molecule has 0 unspecified atom stereocenters. The molecule has 4 aromatic rings. The smallest absolute Gasteiger partial charge is 0.226 e. The zero-order valence-corrected chi connectivity index (χ0v) is 19.0. The molecule has 2 heterocycles. The maximum atomic E-state index is 12.2. The Labute approximate surface area is 190 Å². The number of carbonyl (C=O) groups is 1. The normalized spacial score (nSPS) is 11.1. The number of nitrogens with one attached hydrogen (secondary N) is 1. The first kappa shape index (κ1) is 20.6. The molecule has 0 saturated heterocycles. The van der Waals surface area contributed by atoms with E-state index in [0.717, 1.165) is 25.0 Å². The van der Waals surface area contributed by atoms with Gasteiger partial charge in [0, 0.05) is 29.7 Å². The summed E-state index contributed by atoms with van der Waals surface area (Å²) in [6.07, 6.45) is 2.78. The van der Waals surface area contributed by atoms with Crippen LogP contribution in [0, 0.1) is 0 Å². The lowest BCUT2D eigenvalue weighted by Crippen LogP contribution is -2.11. The molecule has 9 heteroatoms. The Morgan fingerprint density at radius 1 is 1.10 bits per heavy atom. The van der Waals surface area contributed by atoms with Gasteiger partial charge in [-0.15, -0.1) is 22.7 Å². The molecule has 0 aliphatic carbocycles. The summed E-state index contributed by atoms with van der Waals surface area (Å²) in [6, 6.07) is 13.6. The van der Waals surface area contributed by atoms with Gasteiger partial charge in [-0.25, -0.2) is 9.97 Å². The van der Waals surface area contributed by atoms with Gasteiger partial charge in [-0.2, -0.15) is 0 Å². The number of benzene rings is 2. The fourth-order valence-electron chi connectivity index (χ4n) is 2.65. The molecule has 1 amide bonds. The monoisotopic (exact) mass is 479 g/mol. The van der Waals surface area contributed by atoms with E-state index in [1.807, 2.05) is 30.3 Å². The Kier molecular flexibility index (Phi) is 6.72. The highest BCUT2D eigenvalue weighted by Gasteiger charge is 2.11. The van der Waals surface area contributed by atoms with Crippen LogP contribution >= 0.6 is 57.6 Å². The van der Waals surface area contributed by atoms with E-state index < -0.39 is 0 Å². The first-order valence-corrected chi connectivity index (χ1v) is 12.1. The number of para-hydroxylation sites is 1. The van der Waals surface area contributed by atoms with E-state index in [2.05, 4.69) is 21.4 Å². The molecule has 0 saturated carbocycles. The van der Waals surface area contributed by atoms with E-state index in [1.165, 1.54) is 11.3 Å². The lowest BCUT2D eigenvalue weighted by atomic mass is 10.1. The first-order valence-electron chi connectivity index (χ1n) is 8.74. The van der Waals surface area contributed by atoms with Crippen molar-refractivity contribution in [3.63, 3.8) is 0 Å². The van der Waals surface area contributed by atoms with Gasteiger partial charge in [0.25, 0.3) is 0 Å². The molecule has 2 aromatic carbocycles. The molecule has 4 nitrogen and oxygen atoms in total. The van der Waals surface area contributed by atoms with Crippen molar-refractivity contribution in [3.05, 3.63) is 69.1 Å². The molecule has 0 fully saturated rings. The topological polar surface area (TPSA) is 54.9 Å². The maximum Gasteiger partial charge on any atom is 0.226 e. The molecule has 29 heavy (non-hydrogen) atoms. The van der Waals surface area contributed by atoms with Crippen LogP contribution in [0.4, 0.5) is 5.13 Å². The minimum absolute atomic E-state index is 0.0553. The average molecular weight is 480 g/mol. The summed E-state index contributed by atoms with van der Waals surface area (Å²) in [7, 11) is 0. The quantitative estimate of drug-likeness (QED) is 0.297. The zero-order valence-electron chi connectivity index (χ0n) is 15.0. The highest BCUT2D eigenvalue weighted by molar-refractivity contribution is 8.01. The molecule has 1 N–H and O–H groups in total. The molecule has 148 valence electrons. The number of aromatic nitrogens is 2. The van der Waals surface area contributed by atoms with E-state index in [9.17, 15) is 4.79 Å². The molecule has 0 atom stereocenters. The van der Waals surface area contributed by atoms with Gasteiger partial charge in [0.2, 0.25) is 5.91 Å². The third-order valence-electron chi connectivity index (χ3n) is 4.03. The second-order valence-electron chi connectivity index (χ2n) is 6.12. The summed E-state index contributed by atoms with van der Waals surface area (Å²) in [4.78, 5) is 22.1. The predicted molar refractivity (Wildman–Crippen MR) is 125 cm³/mol.